The summed E-state index contributed by atoms with van der Waals surface area (Å²) in [4.78, 5) is 0. The van der Waals surface area contributed by atoms with Crippen molar-refractivity contribution in [2.24, 2.45) is 5.41 Å². The third-order valence-electron chi connectivity index (χ3n) is 4.57. The third-order valence-corrected chi connectivity index (χ3v) is 4.57. The highest BCUT2D eigenvalue weighted by Crippen LogP contribution is 2.55. The first-order valence-corrected chi connectivity index (χ1v) is 6.06. The van der Waals surface area contributed by atoms with Crippen molar-refractivity contribution in [3.05, 3.63) is 0 Å². The summed E-state index contributed by atoms with van der Waals surface area (Å²) in [5.74, 6) is 0. The molecule has 0 aromatic rings. The van der Waals surface area contributed by atoms with Crippen LogP contribution in [0, 0.1) is 5.41 Å². The van der Waals surface area contributed by atoms with Crippen LogP contribution >= 0.6 is 0 Å². The second kappa shape index (κ2) is 3.82. The molecule has 0 amide bonds. The molecular formula is C12H22O2. The lowest BCUT2D eigenvalue weighted by atomic mass is 9.69. The molecule has 0 radical (unpaired) electrons. The summed E-state index contributed by atoms with van der Waals surface area (Å²) >= 11 is 0. The zero-order valence-corrected chi connectivity index (χ0v) is 8.97. The van der Waals surface area contributed by atoms with E-state index in [4.69, 9.17) is 5.11 Å². The van der Waals surface area contributed by atoms with E-state index >= 15 is 0 Å². The van der Waals surface area contributed by atoms with E-state index in [1.165, 1.54) is 19.3 Å². The molecule has 0 heterocycles. The molecular weight excluding hydrogens is 176 g/mol. The lowest BCUT2D eigenvalue weighted by molar-refractivity contribution is -0.0773. The predicted octanol–water partition coefficient (Wildman–Crippen LogP) is 2.23. The Morgan fingerprint density at radius 1 is 0.857 bits per heavy atom. The van der Waals surface area contributed by atoms with E-state index in [2.05, 4.69) is 0 Å². The molecule has 0 aromatic heterocycles. The maximum atomic E-state index is 10.7. The van der Waals surface area contributed by atoms with Crippen LogP contribution < -0.4 is 0 Å². The van der Waals surface area contributed by atoms with E-state index in [0.29, 0.717) is 0 Å². The van der Waals surface area contributed by atoms with Crippen molar-refractivity contribution in [3.8, 4) is 0 Å². The topological polar surface area (TPSA) is 40.5 Å². The first-order chi connectivity index (χ1) is 6.72. The summed E-state index contributed by atoms with van der Waals surface area (Å²) in [6, 6.07) is 0. The minimum absolute atomic E-state index is 0.0677. The second-order valence-corrected chi connectivity index (χ2v) is 5.20. The fourth-order valence-electron chi connectivity index (χ4n) is 3.72. The summed E-state index contributed by atoms with van der Waals surface area (Å²) in [5, 5.41) is 19.8. The van der Waals surface area contributed by atoms with E-state index in [-0.39, 0.29) is 12.0 Å². The van der Waals surface area contributed by atoms with E-state index in [9.17, 15) is 5.11 Å². The van der Waals surface area contributed by atoms with Gasteiger partial charge in [-0.3, -0.25) is 0 Å². The monoisotopic (exact) mass is 198 g/mol. The Bertz CT molecular complexity index is 204. The van der Waals surface area contributed by atoms with Gasteiger partial charge in [-0.15, -0.1) is 0 Å². The second-order valence-electron chi connectivity index (χ2n) is 5.20. The van der Waals surface area contributed by atoms with Crippen molar-refractivity contribution < 1.29 is 10.2 Å². The Hall–Kier alpha value is -0.0800. The SMILES string of the molecule is OCC[C@@]12CCCCC[C@]1(O)CCC2. The van der Waals surface area contributed by atoms with Gasteiger partial charge in [0, 0.05) is 12.0 Å². The van der Waals surface area contributed by atoms with Gasteiger partial charge in [-0.05, 0) is 38.5 Å². The molecule has 0 unspecified atom stereocenters. The molecule has 2 aliphatic carbocycles. The van der Waals surface area contributed by atoms with Gasteiger partial charge in [0.2, 0.25) is 0 Å². The predicted molar refractivity (Wildman–Crippen MR) is 56.0 cm³/mol. The van der Waals surface area contributed by atoms with E-state index in [1.807, 2.05) is 0 Å². The van der Waals surface area contributed by atoms with Crippen LogP contribution in [0.25, 0.3) is 0 Å². The molecule has 0 aliphatic heterocycles. The largest absolute Gasteiger partial charge is 0.396 e. The molecule has 2 saturated carbocycles. The average Bonchev–Trinajstić information content (AvgIpc) is 2.37. The van der Waals surface area contributed by atoms with Crippen molar-refractivity contribution in [3.63, 3.8) is 0 Å². The summed E-state index contributed by atoms with van der Waals surface area (Å²) in [6.45, 7) is 0.238. The molecule has 0 spiro atoms. The van der Waals surface area contributed by atoms with Crippen molar-refractivity contribution in [2.45, 2.75) is 63.4 Å². The van der Waals surface area contributed by atoms with Gasteiger partial charge < -0.3 is 10.2 Å². The Kier molecular flexibility index (Phi) is 2.85. The minimum atomic E-state index is -0.438. The zero-order valence-electron chi connectivity index (χ0n) is 8.97. The maximum Gasteiger partial charge on any atom is 0.0704 e. The van der Waals surface area contributed by atoms with Gasteiger partial charge in [-0.2, -0.15) is 0 Å². The van der Waals surface area contributed by atoms with Gasteiger partial charge in [0.25, 0.3) is 0 Å². The molecule has 2 nitrogen and oxygen atoms in total. The molecule has 0 saturated heterocycles. The zero-order chi connectivity index (χ0) is 10.1. The number of hydrogen-bond donors (Lipinski definition) is 2. The molecule has 2 N–H and O–H groups in total. The molecule has 2 atom stereocenters. The van der Waals surface area contributed by atoms with Crippen LogP contribution in [-0.2, 0) is 0 Å². The van der Waals surface area contributed by atoms with Crippen LogP contribution in [0.3, 0.4) is 0 Å². The minimum Gasteiger partial charge on any atom is -0.396 e. The van der Waals surface area contributed by atoms with Crippen LogP contribution in [0.5, 0.6) is 0 Å². The van der Waals surface area contributed by atoms with Crippen molar-refractivity contribution >= 4 is 0 Å². The average molecular weight is 198 g/mol. The molecule has 2 heteroatoms. The van der Waals surface area contributed by atoms with Crippen molar-refractivity contribution in [1.29, 1.82) is 0 Å². The highest BCUT2D eigenvalue weighted by atomic mass is 16.3. The Balaban J connectivity index is 2.21. The van der Waals surface area contributed by atoms with Gasteiger partial charge in [-0.25, -0.2) is 0 Å². The van der Waals surface area contributed by atoms with Gasteiger partial charge in [0.05, 0.1) is 5.60 Å². The molecule has 2 fully saturated rings. The molecule has 2 aliphatic rings. The number of aliphatic hydroxyl groups excluding tert-OH is 1. The molecule has 2 rings (SSSR count). The molecule has 14 heavy (non-hydrogen) atoms. The number of hydrogen-bond acceptors (Lipinski definition) is 2. The smallest absolute Gasteiger partial charge is 0.0704 e. The molecule has 0 aromatic carbocycles. The van der Waals surface area contributed by atoms with E-state index in [0.717, 1.165) is 38.5 Å². The van der Waals surface area contributed by atoms with E-state index < -0.39 is 5.60 Å². The highest BCUT2D eigenvalue weighted by molar-refractivity contribution is 5.04. The number of fused-ring (bicyclic) bond motifs is 1. The first-order valence-electron chi connectivity index (χ1n) is 6.06. The normalized spacial score (nSPS) is 43.3. The summed E-state index contributed by atoms with van der Waals surface area (Å²) in [5.41, 5.74) is -0.371. The van der Waals surface area contributed by atoms with Gasteiger partial charge >= 0.3 is 0 Å². The lowest BCUT2D eigenvalue weighted by Gasteiger charge is -2.41. The summed E-state index contributed by atoms with van der Waals surface area (Å²) in [6.07, 6.45) is 9.82. The van der Waals surface area contributed by atoms with Gasteiger partial charge in [0.15, 0.2) is 0 Å². The standard InChI is InChI=1S/C12H22O2/c13-10-9-11-5-2-1-3-7-12(11,14)8-4-6-11/h13-14H,1-10H2/t11-,12-/m0/s1. The first kappa shape index (κ1) is 10.4. The summed E-state index contributed by atoms with van der Waals surface area (Å²) < 4.78 is 0. The summed E-state index contributed by atoms with van der Waals surface area (Å²) in [7, 11) is 0. The van der Waals surface area contributed by atoms with Crippen molar-refractivity contribution in [2.75, 3.05) is 6.61 Å². The Morgan fingerprint density at radius 2 is 1.50 bits per heavy atom. The highest BCUT2D eigenvalue weighted by Gasteiger charge is 2.52. The lowest BCUT2D eigenvalue weighted by Crippen LogP contribution is -2.43. The quantitative estimate of drug-likeness (QED) is 0.714. The van der Waals surface area contributed by atoms with E-state index in [1.54, 1.807) is 0 Å². The van der Waals surface area contributed by atoms with Crippen LogP contribution in [0.2, 0.25) is 0 Å². The van der Waals surface area contributed by atoms with Gasteiger partial charge in [-0.1, -0.05) is 19.3 Å². The Morgan fingerprint density at radius 3 is 2.29 bits per heavy atom. The maximum absolute atomic E-state index is 10.7. The fraction of sp³-hybridized carbons (Fsp3) is 1.00. The van der Waals surface area contributed by atoms with Crippen LogP contribution in [0.4, 0.5) is 0 Å². The molecule has 82 valence electrons. The molecule has 0 bridgehead atoms. The van der Waals surface area contributed by atoms with Crippen molar-refractivity contribution in [1.82, 2.24) is 0 Å². The third kappa shape index (κ3) is 1.49. The van der Waals surface area contributed by atoms with Crippen LogP contribution in [0.15, 0.2) is 0 Å². The fourth-order valence-corrected chi connectivity index (χ4v) is 3.72. The van der Waals surface area contributed by atoms with Gasteiger partial charge in [0.1, 0.15) is 0 Å². The number of rotatable bonds is 2. The van der Waals surface area contributed by atoms with Crippen LogP contribution in [-0.4, -0.2) is 22.4 Å². The number of aliphatic hydroxyl groups is 2. The Labute approximate surface area is 86.3 Å². The van der Waals surface area contributed by atoms with Crippen LogP contribution in [0.1, 0.15) is 57.8 Å².